The molecule has 2 aromatic rings. The van der Waals surface area contributed by atoms with Crippen molar-refractivity contribution in [3.63, 3.8) is 0 Å². The summed E-state index contributed by atoms with van der Waals surface area (Å²) < 4.78 is 5.17. The summed E-state index contributed by atoms with van der Waals surface area (Å²) in [7, 11) is 0. The van der Waals surface area contributed by atoms with Crippen molar-refractivity contribution in [3.8, 4) is 0 Å². The highest BCUT2D eigenvalue weighted by Crippen LogP contribution is 2.27. The van der Waals surface area contributed by atoms with Gasteiger partial charge in [0.05, 0.1) is 5.39 Å². The fourth-order valence-corrected chi connectivity index (χ4v) is 2.70. The Balaban J connectivity index is 1.86. The van der Waals surface area contributed by atoms with Gasteiger partial charge in [0.15, 0.2) is 0 Å². The molecular formula is C14H20N4O2S. The van der Waals surface area contributed by atoms with Gasteiger partial charge in [-0.15, -0.1) is 11.3 Å². The van der Waals surface area contributed by atoms with Crippen molar-refractivity contribution < 1.29 is 9.53 Å². The molecule has 0 spiro atoms. The molecule has 6 nitrogen and oxygen atoms in total. The van der Waals surface area contributed by atoms with Crippen molar-refractivity contribution in [2.75, 3.05) is 18.4 Å². The number of carbonyl (C=O) groups excluding carboxylic acids is 1. The van der Waals surface area contributed by atoms with Crippen molar-refractivity contribution in [1.82, 2.24) is 15.3 Å². The Morgan fingerprint density at radius 3 is 2.81 bits per heavy atom. The Bertz CT molecular complexity index is 633. The van der Waals surface area contributed by atoms with E-state index in [0.717, 1.165) is 21.6 Å². The molecule has 7 heteroatoms. The number of amides is 1. The molecule has 0 atom stereocenters. The van der Waals surface area contributed by atoms with Gasteiger partial charge in [-0.05, 0) is 38.6 Å². The Morgan fingerprint density at radius 2 is 2.10 bits per heavy atom. The lowest BCUT2D eigenvalue weighted by Gasteiger charge is -2.19. The van der Waals surface area contributed by atoms with Crippen LogP contribution >= 0.6 is 11.3 Å². The first kappa shape index (κ1) is 15.5. The highest BCUT2D eigenvalue weighted by molar-refractivity contribution is 7.17. The van der Waals surface area contributed by atoms with E-state index in [0.29, 0.717) is 13.1 Å². The van der Waals surface area contributed by atoms with Crippen LogP contribution in [-0.2, 0) is 4.74 Å². The normalized spacial score (nSPS) is 11.4. The smallest absolute Gasteiger partial charge is 0.407 e. The van der Waals surface area contributed by atoms with Crippen LogP contribution in [0.15, 0.2) is 11.7 Å². The summed E-state index contributed by atoms with van der Waals surface area (Å²) in [5.41, 5.74) is 0.669. The van der Waals surface area contributed by atoms with Crippen LogP contribution in [0.4, 0.5) is 10.6 Å². The van der Waals surface area contributed by atoms with Gasteiger partial charge < -0.3 is 15.4 Å². The third kappa shape index (κ3) is 4.29. The second-order valence-corrected chi connectivity index (χ2v) is 6.53. The molecule has 1 amide bonds. The highest BCUT2D eigenvalue weighted by Gasteiger charge is 2.15. The average Bonchev–Trinajstić information content (AvgIpc) is 2.75. The van der Waals surface area contributed by atoms with Crippen LogP contribution in [0.5, 0.6) is 0 Å². The van der Waals surface area contributed by atoms with Gasteiger partial charge in [0.2, 0.25) is 0 Å². The zero-order valence-corrected chi connectivity index (χ0v) is 13.5. The number of nitrogens with one attached hydrogen (secondary N) is 2. The van der Waals surface area contributed by atoms with Crippen LogP contribution < -0.4 is 10.6 Å². The maximum absolute atomic E-state index is 11.5. The summed E-state index contributed by atoms with van der Waals surface area (Å²) >= 11 is 1.60. The number of nitrogens with zero attached hydrogens (tertiary/aromatic N) is 2. The molecule has 0 aromatic carbocycles. The third-order valence-corrected chi connectivity index (χ3v) is 3.64. The molecule has 0 aliphatic carbocycles. The van der Waals surface area contributed by atoms with Crippen LogP contribution in [0.1, 0.15) is 26.3 Å². The summed E-state index contributed by atoms with van der Waals surface area (Å²) in [5, 5.41) is 9.02. The van der Waals surface area contributed by atoms with Crippen LogP contribution in [0.2, 0.25) is 0 Å². The van der Waals surface area contributed by atoms with Crippen molar-refractivity contribution in [2.24, 2.45) is 0 Å². The molecule has 2 rings (SSSR count). The van der Waals surface area contributed by atoms with Crippen molar-refractivity contribution >= 4 is 33.5 Å². The molecule has 21 heavy (non-hydrogen) atoms. The first-order valence-electron chi connectivity index (χ1n) is 6.76. The van der Waals surface area contributed by atoms with E-state index < -0.39 is 11.7 Å². The van der Waals surface area contributed by atoms with E-state index in [1.165, 1.54) is 0 Å². The van der Waals surface area contributed by atoms with Gasteiger partial charge in [-0.3, -0.25) is 0 Å². The van der Waals surface area contributed by atoms with Gasteiger partial charge in [-0.25, -0.2) is 14.8 Å². The van der Waals surface area contributed by atoms with Gasteiger partial charge in [0.25, 0.3) is 0 Å². The van der Waals surface area contributed by atoms with Crippen molar-refractivity contribution in [2.45, 2.75) is 33.3 Å². The number of rotatable bonds is 4. The molecule has 114 valence electrons. The quantitative estimate of drug-likeness (QED) is 0.849. The number of alkyl carbamates (subject to hydrolysis) is 1. The molecule has 0 aliphatic heterocycles. The standard InChI is InChI=1S/C14H20N4O2S/c1-9-7-21-12-10(9)11(17-8-18-12)15-5-6-16-13(19)20-14(2,3)4/h7-8H,5-6H2,1-4H3,(H,16,19)(H,15,17,18). The topological polar surface area (TPSA) is 76.1 Å². The predicted octanol–water partition coefficient (Wildman–Crippen LogP) is 2.94. The minimum absolute atomic E-state index is 0.413. The number of anilines is 1. The lowest BCUT2D eigenvalue weighted by atomic mass is 10.2. The molecule has 0 radical (unpaired) electrons. The van der Waals surface area contributed by atoms with Crippen LogP contribution in [0.3, 0.4) is 0 Å². The van der Waals surface area contributed by atoms with Crippen LogP contribution in [-0.4, -0.2) is 34.8 Å². The van der Waals surface area contributed by atoms with E-state index in [9.17, 15) is 4.79 Å². The SMILES string of the molecule is Cc1csc2ncnc(NCCNC(=O)OC(C)(C)C)c12. The van der Waals surface area contributed by atoms with Crippen LogP contribution in [0, 0.1) is 6.92 Å². The molecule has 0 aliphatic rings. The van der Waals surface area contributed by atoms with Crippen LogP contribution in [0.25, 0.3) is 10.2 Å². The number of fused-ring (bicyclic) bond motifs is 1. The lowest BCUT2D eigenvalue weighted by molar-refractivity contribution is 0.0530. The number of aromatic nitrogens is 2. The number of aryl methyl sites for hydroxylation is 1. The summed E-state index contributed by atoms with van der Waals surface area (Å²) in [4.78, 5) is 21.0. The number of thiophene rings is 1. The van der Waals surface area contributed by atoms with E-state index in [4.69, 9.17) is 4.74 Å². The highest BCUT2D eigenvalue weighted by atomic mass is 32.1. The van der Waals surface area contributed by atoms with Gasteiger partial charge in [-0.1, -0.05) is 0 Å². The van der Waals surface area contributed by atoms with Gasteiger partial charge in [-0.2, -0.15) is 0 Å². The molecule has 2 aromatic heterocycles. The third-order valence-electron chi connectivity index (χ3n) is 2.64. The minimum atomic E-state index is -0.482. The second kappa shape index (κ2) is 6.26. The van der Waals surface area contributed by atoms with Crippen molar-refractivity contribution in [3.05, 3.63) is 17.3 Å². The van der Waals surface area contributed by atoms with Gasteiger partial charge in [0, 0.05) is 13.1 Å². The largest absolute Gasteiger partial charge is 0.444 e. The summed E-state index contributed by atoms with van der Waals surface area (Å²) in [6.07, 6.45) is 1.13. The minimum Gasteiger partial charge on any atom is -0.444 e. The van der Waals surface area contributed by atoms with E-state index >= 15 is 0 Å². The summed E-state index contributed by atoms with van der Waals surface area (Å²) in [6.45, 7) is 8.57. The van der Waals surface area contributed by atoms with E-state index in [1.807, 2.05) is 27.7 Å². The lowest BCUT2D eigenvalue weighted by Crippen LogP contribution is -2.35. The molecule has 0 fully saturated rings. The second-order valence-electron chi connectivity index (χ2n) is 5.68. The number of hydrogen-bond donors (Lipinski definition) is 2. The number of hydrogen-bond acceptors (Lipinski definition) is 6. The molecule has 0 bridgehead atoms. The van der Waals surface area contributed by atoms with E-state index in [-0.39, 0.29) is 0 Å². The van der Waals surface area contributed by atoms with E-state index in [1.54, 1.807) is 17.7 Å². The Morgan fingerprint density at radius 1 is 1.33 bits per heavy atom. The monoisotopic (exact) mass is 308 g/mol. The molecule has 2 heterocycles. The number of ether oxygens (including phenoxy) is 1. The summed E-state index contributed by atoms with van der Waals surface area (Å²) in [6, 6.07) is 0. The predicted molar refractivity (Wildman–Crippen MR) is 84.9 cm³/mol. The molecule has 0 unspecified atom stereocenters. The molecular weight excluding hydrogens is 288 g/mol. The first-order valence-corrected chi connectivity index (χ1v) is 7.64. The zero-order chi connectivity index (χ0) is 15.5. The van der Waals surface area contributed by atoms with Gasteiger partial charge in [0.1, 0.15) is 22.6 Å². The maximum atomic E-state index is 11.5. The fraction of sp³-hybridized carbons (Fsp3) is 0.500. The van der Waals surface area contributed by atoms with E-state index in [2.05, 4.69) is 26.0 Å². The zero-order valence-electron chi connectivity index (χ0n) is 12.7. The maximum Gasteiger partial charge on any atom is 0.407 e. The van der Waals surface area contributed by atoms with Crippen molar-refractivity contribution in [1.29, 1.82) is 0 Å². The van der Waals surface area contributed by atoms with Gasteiger partial charge >= 0.3 is 6.09 Å². The first-order chi connectivity index (χ1) is 9.87. The average molecular weight is 308 g/mol. The Labute approximate surface area is 127 Å². The Kier molecular flexibility index (Phi) is 4.62. The molecule has 0 saturated carbocycles. The Hall–Kier alpha value is -1.89. The number of carbonyl (C=O) groups is 1. The molecule has 2 N–H and O–H groups in total. The fourth-order valence-electron chi connectivity index (χ4n) is 1.81. The summed E-state index contributed by atoms with van der Waals surface area (Å²) in [5.74, 6) is 0.796. The molecule has 0 saturated heterocycles.